The molecule has 0 saturated heterocycles. The van der Waals surface area contributed by atoms with Crippen LogP contribution in [0.2, 0.25) is 0 Å². The Bertz CT molecular complexity index is 563. The van der Waals surface area contributed by atoms with E-state index in [4.69, 9.17) is 4.74 Å². The Labute approximate surface area is 127 Å². The maximum atomic E-state index is 5.32. The number of methoxy groups -OCH3 is 1. The summed E-state index contributed by atoms with van der Waals surface area (Å²) in [6, 6.07) is 11.0. The topological polar surface area (TPSA) is 39.1 Å². The van der Waals surface area contributed by atoms with E-state index in [1.807, 2.05) is 16.8 Å². The fourth-order valence-electron chi connectivity index (χ4n) is 2.40. The van der Waals surface area contributed by atoms with Gasteiger partial charge in [-0.2, -0.15) is 5.10 Å². The molecule has 1 aromatic carbocycles. The predicted octanol–water partition coefficient (Wildman–Crippen LogP) is 3.37. The summed E-state index contributed by atoms with van der Waals surface area (Å²) in [7, 11) is 1.70. The Hall–Kier alpha value is -1.81. The summed E-state index contributed by atoms with van der Waals surface area (Å²) in [6.07, 6.45) is 2.93. The zero-order valence-corrected chi connectivity index (χ0v) is 13.3. The minimum absolute atomic E-state index is 0.251. The molecule has 2 aromatic rings. The Kier molecular flexibility index (Phi) is 5.39. The van der Waals surface area contributed by atoms with Crippen molar-refractivity contribution in [1.82, 2.24) is 15.1 Å². The maximum Gasteiger partial charge on any atom is 0.119 e. The monoisotopic (exact) mass is 287 g/mol. The molecular weight excluding hydrogens is 262 g/mol. The maximum absolute atomic E-state index is 5.32. The highest BCUT2D eigenvalue weighted by atomic mass is 16.5. The second kappa shape index (κ2) is 7.27. The van der Waals surface area contributed by atoms with Crippen LogP contribution in [0.15, 0.2) is 36.5 Å². The number of nitrogens with zero attached hydrogens (tertiary/aromatic N) is 2. The van der Waals surface area contributed by atoms with Gasteiger partial charge in [0, 0.05) is 24.7 Å². The Morgan fingerprint density at radius 1 is 1.29 bits per heavy atom. The predicted molar refractivity (Wildman–Crippen MR) is 85.7 cm³/mol. The van der Waals surface area contributed by atoms with Gasteiger partial charge in [0.25, 0.3) is 0 Å². The lowest BCUT2D eigenvalue weighted by Gasteiger charge is -2.18. The number of hydrogen-bond donors (Lipinski definition) is 1. The van der Waals surface area contributed by atoms with Crippen LogP contribution in [0.3, 0.4) is 0 Å². The van der Waals surface area contributed by atoms with Crippen LogP contribution in [-0.4, -0.2) is 23.4 Å². The lowest BCUT2D eigenvalue weighted by Crippen LogP contribution is -2.23. The molecule has 0 saturated carbocycles. The van der Waals surface area contributed by atoms with Gasteiger partial charge in [0.1, 0.15) is 5.75 Å². The molecular formula is C17H25N3O. The van der Waals surface area contributed by atoms with Gasteiger partial charge in [-0.25, -0.2) is 0 Å². The summed E-state index contributed by atoms with van der Waals surface area (Å²) in [5, 5.41) is 8.18. The highest BCUT2D eigenvalue weighted by Crippen LogP contribution is 2.22. The number of aromatic nitrogens is 2. The van der Waals surface area contributed by atoms with Crippen LogP contribution in [0.25, 0.3) is 0 Å². The largest absolute Gasteiger partial charge is 0.497 e. The Balaban J connectivity index is 2.17. The van der Waals surface area contributed by atoms with Crippen molar-refractivity contribution in [3.05, 3.63) is 47.8 Å². The van der Waals surface area contributed by atoms with E-state index >= 15 is 0 Å². The van der Waals surface area contributed by atoms with Gasteiger partial charge in [0.2, 0.25) is 0 Å². The zero-order valence-electron chi connectivity index (χ0n) is 13.3. The molecule has 0 amide bonds. The zero-order chi connectivity index (χ0) is 15.2. The van der Waals surface area contributed by atoms with Crippen LogP contribution >= 0.6 is 0 Å². The number of likely N-dealkylation sites (N-methyl/N-ethyl adjacent to an activating group) is 1. The van der Waals surface area contributed by atoms with Gasteiger partial charge in [-0.1, -0.05) is 19.1 Å². The van der Waals surface area contributed by atoms with E-state index in [1.54, 1.807) is 7.11 Å². The van der Waals surface area contributed by atoms with Crippen molar-refractivity contribution in [2.75, 3.05) is 13.7 Å². The molecule has 0 fully saturated rings. The second-order valence-electron chi connectivity index (χ2n) is 5.47. The summed E-state index contributed by atoms with van der Waals surface area (Å²) in [5.74, 6) is 0.892. The van der Waals surface area contributed by atoms with Crippen LogP contribution < -0.4 is 10.1 Å². The summed E-state index contributed by atoms with van der Waals surface area (Å²) in [6.45, 7) is 7.33. The van der Waals surface area contributed by atoms with Crippen LogP contribution in [-0.2, 0) is 6.42 Å². The first-order chi connectivity index (χ1) is 10.1. The molecule has 0 bridgehead atoms. The summed E-state index contributed by atoms with van der Waals surface area (Å²) < 4.78 is 7.33. The number of rotatable bonds is 7. The van der Waals surface area contributed by atoms with Crippen molar-refractivity contribution in [3.8, 4) is 5.75 Å². The Morgan fingerprint density at radius 2 is 2.10 bits per heavy atom. The third-order valence-electron chi connectivity index (χ3n) is 3.55. The summed E-state index contributed by atoms with van der Waals surface area (Å²) >= 11 is 0. The fourth-order valence-corrected chi connectivity index (χ4v) is 2.40. The highest BCUT2D eigenvalue weighted by molar-refractivity contribution is 5.31. The lowest BCUT2D eigenvalue weighted by atomic mass is 10.0. The van der Waals surface area contributed by atoms with E-state index in [0.717, 1.165) is 24.4 Å². The molecule has 1 N–H and O–H groups in total. The molecule has 4 nitrogen and oxygen atoms in total. The van der Waals surface area contributed by atoms with E-state index in [1.165, 1.54) is 5.56 Å². The molecule has 1 heterocycles. The average molecular weight is 287 g/mol. The molecule has 0 spiro atoms. The van der Waals surface area contributed by atoms with Crippen molar-refractivity contribution in [2.24, 2.45) is 0 Å². The van der Waals surface area contributed by atoms with Crippen molar-refractivity contribution in [3.63, 3.8) is 0 Å². The lowest BCUT2D eigenvalue weighted by molar-refractivity contribution is 0.413. The molecule has 21 heavy (non-hydrogen) atoms. The van der Waals surface area contributed by atoms with Crippen LogP contribution in [0.5, 0.6) is 5.75 Å². The van der Waals surface area contributed by atoms with Crippen molar-refractivity contribution < 1.29 is 4.74 Å². The molecule has 114 valence electrons. The normalized spacial score (nSPS) is 12.6. The van der Waals surface area contributed by atoms with Crippen LogP contribution in [0.1, 0.15) is 44.1 Å². The average Bonchev–Trinajstić information content (AvgIpc) is 2.96. The number of benzene rings is 1. The molecule has 1 aromatic heterocycles. The standard InChI is InChI=1S/C17H25N3O/c1-5-18-17(14-7-6-8-16(11-14)21-4)12-15-9-10-20(19-15)13(2)3/h6-11,13,17-18H,5,12H2,1-4H3. The SMILES string of the molecule is CCNC(Cc1ccn(C(C)C)n1)c1cccc(OC)c1. The molecule has 0 aliphatic heterocycles. The van der Waals surface area contributed by atoms with Crippen molar-refractivity contribution in [2.45, 2.75) is 39.3 Å². The van der Waals surface area contributed by atoms with E-state index in [0.29, 0.717) is 6.04 Å². The van der Waals surface area contributed by atoms with Crippen molar-refractivity contribution >= 4 is 0 Å². The first-order valence-electron chi connectivity index (χ1n) is 7.55. The van der Waals surface area contributed by atoms with Gasteiger partial charge in [-0.3, -0.25) is 4.68 Å². The molecule has 0 aliphatic rings. The third-order valence-corrected chi connectivity index (χ3v) is 3.55. The van der Waals surface area contributed by atoms with Crippen LogP contribution in [0, 0.1) is 0 Å². The number of nitrogens with one attached hydrogen (secondary N) is 1. The van der Waals surface area contributed by atoms with Crippen LogP contribution in [0.4, 0.5) is 0 Å². The molecule has 0 aliphatic carbocycles. The van der Waals surface area contributed by atoms with Gasteiger partial charge in [-0.15, -0.1) is 0 Å². The third kappa shape index (κ3) is 4.08. The molecule has 2 rings (SSSR count). The molecule has 1 unspecified atom stereocenters. The molecule has 0 radical (unpaired) electrons. The molecule has 1 atom stereocenters. The van der Waals surface area contributed by atoms with Crippen molar-refractivity contribution in [1.29, 1.82) is 0 Å². The van der Waals surface area contributed by atoms with Gasteiger partial charge in [-0.05, 0) is 44.2 Å². The quantitative estimate of drug-likeness (QED) is 0.848. The second-order valence-corrected chi connectivity index (χ2v) is 5.47. The minimum atomic E-state index is 0.251. The summed E-state index contributed by atoms with van der Waals surface area (Å²) in [5.41, 5.74) is 2.34. The highest BCUT2D eigenvalue weighted by Gasteiger charge is 2.14. The number of ether oxygens (including phenoxy) is 1. The van der Waals surface area contributed by atoms with E-state index in [-0.39, 0.29) is 6.04 Å². The minimum Gasteiger partial charge on any atom is -0.497 e. The smallest absolute Gasteiger partial charge is 0.119 e. The van der Waals surface area contributed by atoms with E-state index in [9.17, 15) is 0 Å². The summed E-state index contributed by atoms with van der Waals surface area (Å²) in [4.78, 5) is 0. The van der Waals surface area contributed by atoms with Gasteiger partial charge in [0.05, 0.1) is 12.8 Å². The van der Waals surface area contributed by atoms with E-state index in [2.05, 4.69) is 55.6 Å². The molecule has 4 heteroatoms. The fraction of sp³-hybridized carbons (Fsp3) is 0.471. The first kappa shape index (κ1) is 15.6. The number of hydrogen-bond acceptors (Lipinski definition) is 3. The van der Waals surface area contributed by atoms with Gasteiger partial charge in [0.15, 0.2) is 0 Å². The van der Waals surface area contributed by atoms with Gasteiger partial charge < -0.3 is 10.1 Å². The first-order valence-corrected chi connectivity index (χ1v) is 7.55. The van der Waals surface area contributed by atoms with E-state index < -0.39 is 0 Å². The Morgan fingerprint density at radius 3 is 2.71 bits per heavy atom. The van der Waals surface area contributed by atoms with Gasteiger partial charge >= 0.3 is 0 Å².